The van der Waals surface area contributed by atoms with Crippen LogP contribution in [0.3, 0.4) is 0 Å². The SMILES string of the molecule is [H-].[Na+].[Na+].[Na+].[Na+].[O-]B([O-])[O-]. The summed E-state index contributed by atoms with van der Waals surface area (Å²) < 4.78 is 0. The maximum atomic E-state index is 8.42. The number of hydrogen-bond acceptors (Lipinski definition) is 3. The fraction of sp³-hybridized carbons (Fsp3) is 0. The maximum absolute atomic E-state index is 8.42. The zero-order chi connectivity index (χ0) is 3.58. The first-order valence-corrected chi connectivity index (χ1v) is 0.707. The van der Waals surface area contributed by atoms with Gasteiger partial charge in [-0.3, -0.25) is 7.32 Å². The number of rotatable bonds is 0. The van der Waals surface area contributed by atoms with E-state index in [-0.39, 0.29) is 120 Å². The van der Waals surface area contributed by atoms with E-state index in [0.717, 1.165) is 0 Å². The van der Waals surface area contributed by atoms with E-state index in [0.29, 0.717) is 0 Å². The van der Waals surface area contributed by atoms with Crippen LogP contribution >= 0.6 is 0 Å². The van der Waals surface area contributed by atoms with Gasteiger partial charge >= 0.3 is 118 Å². The minimum Gasteiger partial charge on any atom is -1.00 e. The van der Waals surface area contributed by atoms with Crippen LogP contribution in [0.5, 0.6) is 0 Å². The zero-order valence-corrected chi connectivity index (χ0v) is 13.8. The van der Waals surface area contributed by atoms with Crippen molar-refractivity contribution >= 4 is 7.32 Å². The molecule has 0 saturated carbocycles. The van der Waals surface area contributed by atoms with Gasteiger partial charge < -0.3 is 16.5 Å². The Labute approximate surface area is 139 Å². The van der Waals surface area contributed by atoms with Crippen molar-refractivity contribution in [1.29, 1.82) is 0 Å². The molecule has 3 nitrogen and oxygen atoms in total. The van der Waals surface area contributed by atoms with Crippen molar-refractivity contribution in [3.05, 3.63) is 0 Å². The van der Waals surface area contributed by atoms with Gasteiger partial charge in [-0.05, 0) is 0 Å². The van der Waals surface area contributed by atoms with Crippen molar-refractivity contribution in [3.63, 3.8) is 0 Å². The van der Waals surface area contributed by atoms with Crippen molar-refractivity contribution in [1.82, 2.24) is 0 Å². The Morgan fingerprint density at radius 3 is 0.750 bits per heavy atom. The molecule has 0 rings (SSSR count). The van der Waals surface area contributed by atoms with E-state index in [4.69, 9.17) is 15.1 Å². The average Bonchev–Trinajstić information content (AvgIpc) is 0.811. The predicted octanol–water partition coefficient (Wildman–Crippen LogP) is -15.8. The summed E-state index contributed by atoms with van der Waals surface area (Å²) in [5.74, 6) is 0. The first-order valence-electron chi connectivity index (χ1n) is 0.707. The van der Waals surface area contributed by atoms with Crippen LogP contribution in [0.25, 0.3) is 0 Å². The van der Waals surface area contributed by atoms with E-state index >= 15 is 0 Å². The Morgan fingerprint density at radius 2 is 0.750 bits per heavy atom. The van der Waals surface area contributed by atoms with Crippen molar-refractivity contribution in [2.75, 3.05) is 0 Å². The quantitative estimate of drug-likeness (QED) is 0.323. The van der Waals surface area contributed by atoms with E-state index in [9.17, 15) is 0 Å². The molecule has 0 heterocycles. The Morgan fingerprint density at radius 1 is 0.750 bits per heavy atom. The van der Waals surface area contributed by atoms with Crippen LogP contribution in [-0.4, -0.2) is 7.32 Å². The van der Waals surface area contributed by atoms with E-state index < -0.39 is 7.32 Å². The summed E-state index contributed by atoms with van der Waals surface area (Å²) in [5, 5.41) is 25.2. The molecule has 0 N–H and O–H groups in total. The molecule has 0 spiro atoms. The normalized spacial score (nSPS) is 3.38. The van der Waals surface area contributed by atoms with Crippen LogP contribution in [0.4, 0.5) is 0 Å². The summed E-state index contributed by atoms with van der Waals surface area (Å²) in [7, 11) is -2.92. The predicted molar refractivity (Wildman–Crippen MR) is 6.87 cm³/mol. The summed E-state index contributed by atoms with van der Waals surface area (Å²) in [5.41, 5.74) is 0. The second kappa shape index (κ2) is 22.4. The summed E-state index contributed by atoms with van der Waals surface area (Å²) in [6, 6.07) is 0. The van der Waals surface area contributed by atoms with Crippen LogP contribution in [-0.2, 0) is 0 Å². The summed E-state index contributed by atoms with van der Waals surface area (Å²) in [4.78, 5) is 0. The van der Waals surface area contributed by atoms with Gasteiger partial charge in [0.2, 0.25) is 0 Å². The molecule has 0 aliphatic rings. The van der Waals surface area contributed by atoms with Crippen molar-refractivity contribution in [3.8, 4) is 0 Å². The molecule has 0 bridgehead atoms. The second-order valence-corrected chi connectivity index (χ2v) is 0.289. The van der Waals surface area contributed by atoms with Crippen LogP contribution in [0.15, 0.2) is 0 Å². The van der Waals surface area contributed by atoms with Crippen molar-refractivity contribution < 1.29 is 135 Å². The van der Waals surface area contributed by atoms with Gasteiger partial charge in [0.15, 0.2) is 0 Å². The Balaban J connectivity index is -0.00000000450. The molecule has 0 amide bonds. The molecule has 8 heteroatoms. The third-order valence-corrected chi connectivity index (χ3v) is 0. The standard InChI is InChI=1S/BO3.4Na.H/c2-1(3)4;;;;;/q-3;4*+1;-1. The first-order chi connectivity index (χ1) is 1.73. The molecule has 0 radical (unpaired) electrons. The molecule has 0 fully saturated rings. The summed E-state index contributed by atoms with van der Waals surface area (Å²) in [6.45, 7) is 0. The minimum absolute atomic E-state index is 0. The van der Waals surface area contributed by atoms with Gasteiger partial charge in [-0.1, -0.05) is 0 Å². The van der Waals surface area contributed by atoms with Gasteiger partial charge in [0.05, 0.1) is 0 Å². The largest absolute Gasteiger partial charge is 1.00 e. The molecule has 8 heavy (non-hydrogen) atoms. The molecule has 26 valence electrons. The summed E-state index contributed by atoms with van der Waals surface area (Å²) >= 11 is 0. The third kappa shape index (κ3) is 51.1. The second-order valence-electron chi connectivity index (χ2n) is 0.289. The van der Waals surface area contributed by atoms with Gasteiger partial charge in [-0.15, -0.1) is 0 Å². The van der Waals surface area contributed by atoms with Crippen LogP contribution in [0, 0.1) is 0 Å². The molecule has 0 aromatic rings. The van der Waals surface area contributed by atoms with Crippen molar-refractivity contribution in [2.45, 2.75) is 0 Å². The molecular weight excluding hydrogens is 151 g/mol. The van der Waals surface area contributed by atoms with E-state index in [1.54, 1.807) is 0 Å². The molecule has 0 aromatic carbocycles. The molecule has 0 saturated heterocycles. The zero-order valence-electron chi connectivity index (χ0n) is 6.80. The van der Waals surface area contributed by atoms with Gasteiger partial charge in [0.25, 0.3) is 0 Å². The molecule has 0 aromatic heterocycles. The van der Waals surface area contributed by atoms with Crippen LogP contribution in [0.2, 0.25) is 0 Å². The molecule has 0 aliphatic heterocycles. The van der Waals surface area contributed by atoms with Gasteiger partial charge in [0, 0.05) is 0 Å². The third-order valence-electron chi connectivity index (χ3n) is 0. The molecule has 0 aliphatic carbocycles. The smallest absolute Gasteiger partial charge is 1.00 e. The average molecular weight is 152 g/mol. The van der Waals surface area contributed by atoms with Gasteiger partial charge in [0.1, 0.15) is 0 Å². The monoisotopic (exact) mass is 152 g/mol. The van der Waals surface area contributed by atoms with Crippen LogP contribution in [0.1, 0.15) is 1.43 Å². The first kappa shape index (κ1) is 29.7. The fourth-order valence-corrected chi connectivity index (χ4v) is 0. The van der Waals surface area contributed by atoms with Crippen molar-refractivity contribution in [2.24, 2.45) is 0 Å². The Bertz CT molecular complexity index is 20.5. The van der Waals surface area contributed by atoms with Crippen LogP contribution < -0.4 is 133 Å². The Kier molecular flexibility index (Phi) is 83.2. The molecule has 0 atom stereocenters. The number of hydrogen-bond donors (Lipinski definition) is 0. The van der Waals surface area contributed by atoms with Gasteiger partial charge in [-0.2, -0.15) is 0 Å². The molecule has 0 unspecified atom stereocenters. The van der Waals surface area contributed by atoms with E-state index in [2.05, 4.69) is 0 Å². The summed E-state index contributed by atoms with van der Waals surface area (Å²) in [6.07, 6.45) is 0. The maximum Gasteiger partial charge on any atom is 1.00 e. The fourth-order valence-electron chi connectivity index (χ4n) is 0. The van der Waals surface area contributed by atoms with E-state index in [1.165, 1.54) is 0 Å². The molecular formula is HBNa4O3. The van der Waals surface area contributed by atoms with E-state index in [1.807, 2.05) is 0 Å². The van der Waals surface area contributed by atoms with Gasteiger partial charge in [-0.25, -0.2) is 0 Å². The Hall–Kier alpha value is 3.94. The minimum atomic E-state index is -2.92. The topological polar surface area (TPSA) is 69.2 Å².